The lowest BCUT2D eigenvalue weighted by Crippen LogP contribution is -2.31. The van der Waals surface area contributed by atoms with Crippen LogP contribution in [0.2, 0.25) is 5.02 Å². The van der Waals surface area contributed by atoms with Crippen LogP contribution in [0.1, 0.15) is 23.7 Å². The Morgan fingerprint density at radius 2 is 2.20 bits per heavy atom. The Balaban J connectivity index is 2.31. The van der Waals surface area contributed by atoms with Gasteiger partial charge in [0.25, 0.3) is 5.78 Å². The van der Waals surface area contributed by atoms with Crippen LogP contribution in [-0.2, 0) is 14.3 Å². The molecule has 2 rings (SSSR count). The van der Waals surface area contributed by atoms with Crippen LogP contribution < -0.4 is 4.74 Å². The third-order valence-corrected chi connectivity index (χ3v) is 3.22. The van der Waals surface area contributed by atoms with Crippen LogP contribution in [0, 0.1) is 5.92 Å². The molecule has 1 heterocycles. The molecule has 0 N–H and O–H groups in total. The van der Waals surface area contributed by atoms with E-state index in [1.807, 2.05) is 0 Å². The van der Waals surface area contributed by atoms with E-state index >= 15 is 0 Å². The smallest absolute Gasteiger partial charge is 0.375 e. The van der Waals surface area contributed by atoms with Gasteiger partial charge < -0.3 is 9.47 Å². The van der Waals surface area contributed by atoms with Crippen LogP contribution in [0.4, 0.5) is 0 Å². The zero-order chi connectivity index (χ0) is 14.7. The number of carbonyl (C=O) groups is 3. The van der Waals surface area contributed by atoms with Gasteiger partial charge in [0.05, 0.1) is 24.7 Å². The average molecular weight is 297 g/mol. The van der Waals surface area contributed by atoms with Crippen molar-refractivity contribution in [3.05, 3.63) is 28.8 Å². The average Bonchev–Trinajstić information content (AvgIpc) is 2.58. The van der Waals surface area contributed by atoms with Crippen LogP contribution in [0.3, 0.4) is 0 Å². The lowest BCUT2D eigenvalue weighted by Gasteiger charge is -2.10. The summed E-state index contributed by atoms with van der Waals surface area (Å²) >= 11 is 5.85. The number of hydrogen-bond donors (Lipinski definition) is 0. The Kier molecular flexibility index (Phi) is 4.39. The predicted octanol–water partition coefficient (Wildman–Crippen LogP) is 2.05. The fraction of sp³-hybridized carbons (Fsp3) is 0.357. The van der Waals surface area contributed by atoms with Gasteiger partial charge in [0.1, 0.15) is 5.75 Å². The van der Waals surface area contributed by atoms with Crippen molar-refractivity contribution in [1.29, 1.82) is 0 Å². The molecule has 0 amide bonds. The minimum atomic E-state index is -1.08. The van der Waals surface area contributed by atoms with Gasteiger partial charge in [0.2, 0.25) is 0 Å². The molecule has 0 saturated heterocycles. The second-order valence-corrected chi connectivity index (χ2v) is 4.72. The van der Waals surface area contributed by atoms with E-state index < -0.39 is 23.5 Å². The molecule has 5 nitrogen and oxygen atoms in total. The van der Waals surface area contributed by atoms with Crippen molar-refractivity contribution in [2.45, 2.75) is 13.3 Å². The summed E-state index contributed by atoms with van der Waals surface area (Å²) in [5.41, 5.74) is 0.220. The minimum absolute atomic E-state index is 0.0877. The minimum Gasteiger partial charge on any atom is -0.493 e. The Morgan fingerprint density at radius 1 is 1.45 bits per heavy atom. The largest absolute Gasteiger partial charge is 0.493 e. The van der Waals surface area contributed by atoms with Gasteiger partial charge in [-0.15, -0.1) is 0 Å². The zero-order valence-corrected chi connectivity index (χ0v) is 11.6. The molecule has 0 radical (unpaired) electrons. The fourth-order valence-electron chi connectivity index (χ4n) is 2.02. The van der Waals surface area contributed by atoms with E-state index in [0.29, 0.717) is 10.8 Å². The highest BCUT2D eigenvalue weighted by atomic mass is 35.5. The molecule has 20 heavy (non-hydrogen) atoms. The van der Waals surface area contributed by atoms with Gasteiger partial charge in [0, 0.05) is 5.02 Å². The normalized spacial score (nSPS) is 17.7. The van der Waals surface area contributed by atoms with E-state index in [2.05, 4.69) is 4.74 Å². The Hall–Kier alpha value is -1.88. The maximum atomic E-state index is 12.4. The number of halogens is 1. The van der Waals surface area contributed by atoms with Crippen LogP contribution >= 0.6 is 11.6 Å². The first-order valence-electron chi connectivity index (χ1n) is 6.22. The molecule has 0 aromatic heterocycles. The summed E-state index contributed by atoms with van der Waals surface area (Å²) in [6.45, 7) is 1.86. The quantitative estimate of drug-likeness (QED) is 0.485. The van der Waals surface area contributed by atoms with Crippen molar-refractivity contribution in [3.8, 4) is 5.75 Å². The number of Topliss-reactive ketones (excluding diaryl/α,β-unsaturated/α-hetero) is 2. The maximum Gasteiger partial charge on any atom is 0.375 e. The van der Waals surface area contributed by atoms with Gasteiger partial charge in [-0.2, -0.15) is 0 Å². The first kappa shape index (κ1) is 14.5. The molecular weight excluding hydrogens is 284 g/mol. The molecule has 0 bridgehead atoms. The Morgan fingerprint density at radius 3 is 2.90 bits per heavy atom. The SMILES string of the molecule is CCOC(=O)C(=O)C1CCOc2ccc(Cl)cc2C1=O. The van der Waals surface area contributed by atoms with Gasteiger partial charge >= 0.3 is 5.97 Å². The number of ketones is 2. The van der Waals surface area contributed by atoms with E-state index in [0.717, 1.165) is 0 Å². The first-order chi connectivity index (χ1) is 9.54. The zero-order valence-electron chi connectivity index (χ0n) is 10.8. The molecule has 1 aromatic rings. The third kappa shape index (κ3) is 2.82. The van der Waals surface area contributed by atoms with E-state index in [1.54, 1.807) is 19.1 Å². The number of esters is 1. The van der Waals surface area contributed by atoms with E-state index in [4.69, 9.17) is 16.3 Å². The molecule has 1 atom stereocenters. The van der Waals surface area contributed by atoms with Gasteiger partial charge in [-0.3, -0.25) is 9.59 Å². The molecule has 106 valence electrons. The first-order valence-corrected chi connectivity index (χ1v) is 6.60. The molecule has 1 unspecified atom stereocenters. The highest BCUT2D eigenvalue weighted by Crippen LogP contribution is 2.30. The molecule has 0 aliphatic carbocycles. The number of fused-ring (bicyclic) bond motifs is 1. The summed E-state index contributed by atoms with van der Waals surface area (Å²) in [6, 6.07) is 4.62. The highest BCUT2D eigenvalue weighted by Gasteiger charge is 2.36. The third-order valence-electron chi connectivity index (χ3n) is 2.98. The topological polar surface area (TPSA) is 69.7 Å². The van der Waals surface area contributed by atoms with Crippen molar-refractivity contribution in [2.75, 3.05) is 13.2 Å². The second kappa shape index (κ2) is 6.05. The van der Waals surface area contributed by atoms with Crippen LogP contribution in [0.15, 0.2) is 18.2 Å². The van der Waals surface area contributed by atoms with Gasteiger partial charge in [-0.1, -0.05) is 11.6 Å². The molecule has 0 fully saturated rings. The molecule has 6 heteroatoms. The van der Waals surface area contributed by atoms with Crippen LogP contribution in [-0.4, -0.2) is 30.7 Å². The van der Waals surface area contributed by atoms with Crippen LogP contribution in [0.5, 0.6) is 5.75 Å². The standard InChI is InChI=1S/C14H13ClO5/c1-2-19-14(18)13(17)9-5-6-20-11-4-3-8(15)7-10(11)12(9)16/h3-4,7,9H,2,5-6H2,1H3. The Labute approximate surface area is 120 Å². The van der Waals surface area contributed by atoms with Crippen molar-refractivity contribution < 1.29 is 23.9 Å². The number of hydrogen-bond acceptors (Lipinski definition) is 5. The summed E-state index contributed by atoms with van der Waals surface area (Å²) in [4.78, 5) is 35.8. The maximum absolute atomic E-state index is 12.4. The van der Waals surface area contributed by atoms with Gasteiger partial charge in [0.15, 0.2) is 5.78 Å². The molecular formula is C14H13ClO5. The van der Waals surface area contributed by atoms with Crippen molar-refractivity contribution in [1.82, 2.24) is 0 Å². The molecule has 1 aliphatic heterocycles. The summed E-state index contributed by atoms with van der Waals surface area (Å²) in [6.07, 6.45) is 0.142. The summed E-state index contributed by atoms with van der Waals surface area (Å²) in [5, 5.41) is 0.366. The van der Waals surface area contributed by atoms with Crippen molar-refractivity contribution in [2.24, 2.45) is 5.92 Å². The van der Waals surface area contributed by atoms with E-state index in [9.17, 15) is 14.4 Å². The van der Waals surface area contributed by atoms with E-state index in [1.165, 1.54) is 6.07 Å². The number of benzene rings is 1. The summed E-state index contributed by atoms with van der Waals surface area (Å²) in [7, 11) is 0. The summed E-state index contributed by atoms with van der Waals surface area (Å²) < 4.78 is 10.1. The van der Waals surface area contributed by atoms with Crippen molar-refractivity contribution >= 4 is 29.1 Å². The highest BCUT2D eigenvalue weighted by molar-refractivity contribution is 6.39. The lowest BCUT2D eigenvalue weighted by atomic mass is 9.91. The predicted molar refractivity (Wildman–Crippen MR) is 71.0 cm³/mol. The lowest BCUT2D eigenvalue weighted by molar-refractivity contribution is -0.154. The fourth-order valence-corrected chi connectivity index (χ4v) is 2.19. The molecule has 0 saturated carbocycles. The van der Waals surface area contributed by atoms with Crippen molar-refractivity contribution in [3.63, 3.8) is 0 Å². The number of rotatable bonds is 3. The van der Waals surface area contributed by atoms with E-state index in [-0.39, 0.29) is 25.2 Å². The molecule has 1 aliphatic rings. The number of carbonyl (C=O) groups excluding carboxylic acids is 3. The molecule has 1 aromatic carbocycles. The number of ether oxygens (including phenoxy) is 2. The van der Waals surface area contributed by atoms with Gasteiger partial charge in [-0.25, -0.2) is 4.79 Å². The Bertz CT molecular complexity index is 567. The van der Waals surface area contributed by atoms with Crippen LogP contribution in [0.25, 0.3) is 0 Å². The monoisotopic (exact) mass is 296 g/mol. The second-order valence-electron chi connectivity index (χ2n) is 4.28. The summed E-state index contributed by atoms with van der Waals surface area (Å²) in [5.74, 6) is -2.99. The van der Waals surface area contributed by atoms with Gasteiger partial charge in [-0.05, 0) is 31.5 Å². The molecule has 0 spiro atoms.